The monoisotopic (exact) mass is 210 g/mol. The summed E-state index contributed by atoms with van der Waals surface area (Å²) in [5.41, 5.74) is 0. The van der Waals surface area contributed by atoms with E-state index in [1.54, 1.807) is 0 Å². The number of imide groups is 1. The molecule has 0 spiro atoms. The number of piperazine rings is 1. The minimum atomic E-state index is -0.149. The van der Waals surface area contributed by atoms with E-state index in [9.17, 15) is 9.59 Å². The molecular formula is C11H18N2O2. The summed E-state index contributed by atoms with van der Waals surface area (Å²) in [7, 11) is 0. The van der Waals surface area contributed by atoms with Gasteiger partial charge >= 0.3 is 0 Å². The highest BCUT2D eigenvalue weighted by atomic mass is 16.2. The standard InChI is InChI=1S/C11H18N2O2/c1-8-4-2-3-5-9(8)13-6-10(14)12-11(15)7-13/h8-9H,2-7H2,1H3,(H,12,14,15). The van der Waals surface area contributed by atoms with E-state index in [2.05, 4.69) is 12.2 Å². The van der Waals surface area contributed by atoms with Crippen LogP contribution in [0.2, 0.25) is 0 Å². The SMILES string of the molecule is CC1CCCCC1N1CC(=O)NC(=O)C1. The molecule has 0 radical (unpaired) electrons. The predicted octanol–water partition coefficient (Wildman–Crippen LogP) is 0.523. The van der Waals surface area contributed by atoms with Gasteiger partial charge in [-0.1, -0.05) is 19.8 Å². The molecule has 2 rings (SSSR count). The molecule has 84 valence electrons. The number of nitrogens with zero attached hydrogens (tertiary/aromatic N) is 1. The Bertz CT molecular complexity index is 262. The molecule has 1 heterocycles. The third-order valence-corrected chi connectivity index (χ3v) is 3.51. The van der Waals surface area contributed by atoms with E-state index in [4.69, 9.17) is 0 Å². The van der Waals surface area contributed by atoms with E-state index >= 15 is 0 Å². The van der Waals surface area contributed by atoms with E-state index < -0.39 is 0 Å². The second kappa shape index (κ2) is 4.31. The van der Waals surface area contributed by atoms with Crippen LogP contribution >= 0.6 is 0 Å². The Morgan fingerprint density at radius 2 is 1.73 bits per heavy atom. The summed E-state index contributed by atoms with van der Waals surface area (Å²) in [5, 5.41) is 2.34. The minimum absolute atomic E-state index is 0.149. The summed E-state index contributed by atoms with van der Waals surface area (Å²) in [6, 6.07) is 0.425. The first-order valence-corrected chi connectivity index (χ1v) is 5.73. The maximum Gasteiger partial charge on any atom is 0.240 e. The molecule has 2 aliphatic rings. The molecule has 4 nitrogen and oxygen atoms in total. The third kappa shape index (κ3) is 2.37. The summed E-state index contributed by atoms with van der Waals surface area (Å²) in [4.78, 5) is 24.6. The summed E-state index contributed by atoms with van der Waals surface area (Å²) >= 11 is 0. The topological polar surface area (TPSA) is 49.4 Å². The molecule has 2 atom stereocenters. The molecule has 0 bridgehead atoms. The second-order valence-electron chi connectivity index (χ2n) is 4.71. The number of hydrogen-bond acceptors (Lipinski definition) is 3. The normalized spacial score (nSPS) is 33.9. The Kier molecular flexibility index (Phi) is 3.05. The Hall–Kier alpha value is -0.900. The quantitative estimate of drug-likeness (QED) is 0.642. The molecule has 15 heavy (non-hydrogen) atoms. The molecule has 2 unspecified atom stereocenters. The van der Waals surface area contributed by atoms with Crippen molar-refractivity contribution < 1.29 is 9.59 Å². The van der Waals surface area contributed by atoms with Gasteiger partial charge in [-0.3, -0.25) is 19.8 Å². The highest BCUT2D eigenvalue weighted by Crippen LogP contribution is 2.28. The van der Waals surface area contributed by atoms with Crippen LogP contribution in [0, 0.1) is 5.92 Å². The van der Waals surface area contributed by atoms with Crippen LogP contribution in [0.4, 0.5) is 0 Å². The Morgan fingerprint density at radius 1 is 1.13 bits per heavy atom. The Labute approximate surface area is 90.0 Å². The van der Waals surface area contributed by atoms with Crippen molar-refractivity contribution in [3.8, 4) is 0 Å². The van der Waals surface area contributed by atoms with E-state index in [0.717, 1.165) is 6.42 Å². The number of amides is 2. The zero-order valence-corrected chi connectivity index (χ0v) is 9.16. The molecule has 0 aromatic heterocycles. The van der Waals surface area contributed by atoms with Crippen molar-refractivity contribution >= 4 is 11.8 Å². The van der Waals surface area contributed by atoms with Crippen molar-refractivity contribution in [1.82, 2.24) is 10.2 Å². The minimum Gasteiger partial charge on any atom is -0.294 e. The van der Waals surface area contributed by atoms with Gasteiger partial charge in [0.15, 0.2) is 0 Å². The van der Waals surface area contributed by atoms with Crippen LogP contribution in [-0.2, 0) is 9.59 Å². The van der Waals surface area contributed by atoms with Crippen LogP contribution in [-0.4, -0.2) is 35.8 Å². The zero-order valence-electron chi connectivity index (χ0n) is 9.16. The average molecular weight is 210 g/mol. The number of rotatable bonds is 1. The van der Waals surface area contributed by atoms with E-state index in [1.165, 1.54) is 19.3 Å². The number of hydrogen-bond donors (Lipinski definition) is 1. The van der Waals surface area contributed by atoms with Crippen molar-refractivity contribution in [2.45, 2.75) is 38.6 Å². The summed E-state index contributed by atoms with van der Waals surface area (Å²) in [5.74, 6) is 0.311. The molecule has 0 aromatic carbocycles. The van der Waals surface area contributed by atoms with E-state index in [1.807, 2.05) is 4.90 Å². The van der Waals surface area contributed by atoms with Crippen molar-refractivity contribution in [3.63, 3.8) is 0 Å². The molecule has 2 amide bonds. The van der Waals surface area contributed by atoms with Gasteiger partial charge in [0.1, 0.15) is 0 Å². The lowest BCUT2D eigenvalue weighted by molar-refractivity contribution is -0.137. The first kappa shape index (κ1) is 10.6. The van der Waals surface area contributed by atoms with E-state index in [0.29, 0.717) is 25.0 Å². The molecular weight excluding hydrogens is 192 g/mol. The number of carbonyl (C=O) groups is 2. The molecule has 1 saturated heterocycles. The lowest BCUT2D eigenvalue weighted by Crippen LogP contribution is -2.56. The van der Waals surface area contributed by atoms with Gasteiger partial charge < -0.3 is 0 Å². The van der Waals surface area contributed by atoms with Crippen LogP contribution in [0.1, 0.15) is 32.6 Å². The lowest BCUT2D eigenvalue weighted by atomic mass is 9.84. The molecule has 2 fully saturated rings. The highest BCUT2D eigenvalue weighted by Gasteiger charge is 2.32. The highest BCUT2D eigenvalue weighted by molar-refractivity contribution is 5.99. The maximum absolute atomic E-state index is 11.3. The number of nitrogens with one attached hydrogen (secondary N) is 1. The van der Waals surface area contributed by atoms with Gasteiger partial charge in [-0.25, -0.2) is 0 Å². The van der Waals surface area contributed by atoms with Crippen molar-refractivity contribution in [2.24, 2.45) is 5.92 Å². The van der Waals surface area contributed by atoms with Crippen LogP contribution < -0.4 is 5.32 Å². The van der Waals surface area contributed by atoms with Crippen LogP contribution in [0.25, 0.3) is 0 Å². The molecule has 1 aliphatic heterocycles. The largest absolute Gasteiger partial charge is 0.294 e. The summed E-state index contributed by atoms with van der Waals surface area (Å²) < 4.78 is 0. The van der Waals surface area contributed by atoms with Crippen LogP contribution in [0.5, 0.6) is 0 Å². The fourth-order valence-electron chi connectivity index (χ4n) is 2.73. The van der Waals surface area contributed by atoms with Gasteiger partial charge in [0.25, 0.3) is 0 Å². The summed E-state index contributed by atoms with van der Waals surface area (Å²) in [6.45, 7) is 3.00. The maximum atomic E-state index is 11.3. The van der Waals surface area contributed by atoms with Crippen molar-refractivity contribution in [1.29, 1.82) is 0 Å². The van der Waals surface area contributed by atoms with Gasteiger partial charge in [0.05, 0.1) is 13.1 Å². The molecule has 4 heteroatoms. The molecule has 1 N–H and O–H groups in total. The first-order valence-electron chi connectivity index (χ1n) is 5.73. The zero-order chi connectivity index (χ0) is 10.8. The summed E-state index contributed by atoms with van der Waals surface area (Å²) in [6.07, 6.45) is 4.85. The molecule has 1 saturated carbocycles. The smallest absolute Gasteiger partial charge is 0.240 e. The first-order chi connectivity index (χ1) is 7.16. The fourth-order valence-corrected chi connectivity index (χ4v) is 2.73. The molecule has 1 aliphatic carbocycles. The van der Waals surface area contributed by atoms with Crippen molar-refractivity contribution in [3.05, 3.63) is 0 Å². The van der Waals surface area contributed by atoms with Gasteiger partial charge in [0, 0.05) is 6.04 Å². The Morgan fingerprint density at radius 3 is 2.33 bits per heavy atom. The van der Waals surface area contributed by atoms with Gasteiger partial charge in [-0.05, 0) is 18.8 Å². The van der Waals surface area contributed by atoms with E-state index in [-0.39, 0.29) is 11.8 Å². The third-order valence-electron chi connectivity index (χ3n) is 3.51. The van der Waals surface area contributed by atoms with Crippen LogP contribution in [0.15, 0.2) is 0 Å². The fraction of sp³-hybridized carbons (Fsp3) is 0.818. The van der Waals surface area contributed by atoms with Gasteiger partial charge in [0.2, 0.25) is 11.8 Å². The predicted molar refractivity (Wildman–Crippen MR) is 56.1 cm³/mol. The van der Waals surface area contributed by atoms with Crippen LogP contribution in [0.3, 0.4) is 0 Å². The van der Waals surface area contributed by atoms with Crippen molar-refractivity contribution in [2.75, 3.05) is 13.1 Å². The Balaban J connectivity index is 2.01. The lowest BCUT2D eigenvalue weighted by Gasteiger charge is -2.39. The van der Waals surface area contributed by atoms with Gasteiger partial charge in [-0.2, -0.15) is 0 Å². The second-order valence-corrected chi connectivity index (χ2v) is 4.71. The van der Waals surface area contributed by atoms with Gasteiger partial charge in [-0.15, -0.1) is 0 Å². The average Bonchev–Trinajstić information content (AvgIpc) is 2.16. The number of carbonyl (C=O) groups excluding carboxylic acids is 2. The molecule has 0 aromatic rings.